The summed E-state index contributed by atoms with van der Waals surface area (Å²) >= 11 is 0. The molecule has 0 atom stereocenters. The molecule has 12 heteroatoms. The molecule has 10 nitrogen and oxygen atoms in total. The Balaban J connectivity index is 1.39. The summed E-state index contributed by atoms with van der Waals surface area (Å²) < 4.78 is 35.5. The second-order valence-corrected chi connectivity index (χ2v) is 9.04. The van der Waals surface area contributed by atoms with Gasteiger partial charge in [-0.15, -0.1) is 5.10 Å². The largest absolute Gasteiger partial charge is 0.444 e. The van der Waals surface area contributed by atoms with Crippen molar-refractivity contribution in [3.8, 4) is 5.69 Å². The molecule has 0 saturated carbocycles. The maximum absolute atomic E-state index is 14.6. The van der Waals surface area contributed by atoms with Crippen molar-refractivity contribution in [2.45, 2.75) is 32.9 Å². The molecule has 0 saturated heterocycles. The fourth-order valence-corrected chi connectivity index (χ4v) is 3.57. The molecule has 1 aromatic heterocycles. The number of nitrogens with one attached hydrogen (secondary N) is 2. The van der Waals surface area contributed by atoms with Gasteiger partial charge in [0.15, 0.2) is 11.6 Å². The Kier molecular flexibility index (Phi) is 6.69. The molecule has 188 valence electrons. The normalized spacial score (nSPS) is 13.1. The van der Waals surface area contributed by atoms with Crippen LogP contribution in [0.1, 0.15) is 47.2 Å². The van der Waals surface area contributed by atoms with Crippen LogP contribution in [0, 0.1) is 11.6 Å². The Morgan fingerprint density at radius 3 is 2.22 bits per heavy atom. The van der Waals surface area contributed by atoms with Crippen molar-refractivity contribution in [3.63, 3.8) is 0 Å². The van der Waals surface area contributed by atoms with E-state index in [0.717, 1.165) is 21.7 Å². The van der Waals surface area contributed by atoms with E-state index in [1.165, 1.54) is 6.20 Å². The average Bonchev–Trinajstić information content (AvgIpc) is 3.36. The SMILES string of the molecule is CC(C)(C)OC(=O)NCCNc1c(F)cc(-n2cc(CN3C(=O)c4ccccc4C3=O)nn2)cc1F. The summed E-state index contributed by atoms with van der Waals surface area (Å²) in [6.07, 6.45) is 0.749. The molecular weight excluding hydrogens is 474 g/mol. The topological polar surface area (TPSA) is 118 Å². The molecule has 0 bridgehead atoms. The standard InChI is InChI=1S/C24H24F2N6O4/c1-24(2,3)36-23(35)28-9-8-27-20-18(25)10-15(11-19(20)26)32-13-14(29-30-32)12-31-21(33)16-6-4-5-7-17(16)22(31)34/h4-7,10-11,13,27H,8-9,12H2,1-3H3,(H,28,35). The lowest BCUT2D eigenvalue weighted by molar-refractivity contribution is 0.0528. The Labute approximate surface area is 205 Å². The van der Waals surface area contributed by atoms with Crippen LogP contribution in [0.5, 0.6) is 0 Å². The minimum atomic E-state index is -0.875. The molecule has 2 N–H and O–H groups in total. The summed E-state index contributed by atoms with van der Waals surface area (Å²) in [5, 5.41) is 12.9. The summed E-state index contributed by atoms with van der Waals surface area (Å²) in [4.78, 5) is 37.8. The Bertz CT molecular complexity index is 1280. The van der Waals surface area contributed by atoms with Crippen LogP contribution in [0.25, 0.3) is 5.69 Å². The molecular formula is C24H24F2N6O4. The molecule has 1 aliphatic rings. The van der Waals surface area contributed by atoms with E-state index < -0.39 is 35.1 Å². The number of carbonyl (C=O) groups excluding carboxylic acids is 3. The molecule has 3 aromatic rings. The van der Waals surface area contributed by atoms with Crippen molar-refractivity contribution in [1.29, 1.82) is 0 Å². The van der Waals surface area contributed by atoms with Gasteiger partial charge in [0.25, 0.3) is 11.8 Å². The third kappa shape index (κ3) is 5.32. The van der Waals surface area contributed by atoms with Gasteiger partial charge in [-0.2, -0.15) is 0 Å². The minimum absolute atomic E-state index is 0.0557. The molecule has 3 amide bonds. The molecule has 4 rings (SSSR count). The number of rotatable bonds is 7. The van der Waals surface area contributed by atoms with E-state index in [1.54, 1.807) is 45.0 Å². The molecule has 0 aliphatic carbocycles. The summed E-state index contributed by atoms with van der Waals surface area (Å²) in [5.41, 5.74) is -0.0793. The number of nitrogens with zero attached hydrogens (tertiary/aromatic N) is 4. The van der Waals surface area contributed by atoms with Gasteiger partial charge in [0.05, 0.1) is 29.6 Å². The number of fused-ring (bicyclic) bond motifs is 1. The summed E-state index contributed by atoms with van der Waals surface area (Å²) in [6, 6.07) is 8.61. The number of imide groups is 1. The summed E-state index contributed by atoms with van der Waals surface area (Å²) in [7, 11) is 0. The Morgan fingerprint density at radius 2 is 1.64 bits per heavy atom. The maximum atomic E-state index is 14.6. The smallest absolute Gasteiger partial charge is 0.407 e. The quantitative estimate of drug-likeness (QED) is 0.379. The van der Waals surface area contributed by atoms with Gasteiger partial charge >= 0.3 is 6.09 Å². The Morgan fingerprint density at radius 1 is 1.03 bits per heavy atom. The minimum Gasteiger partial charge on any atom is -0.444 e. The molecule has 0 fully saturated rings. The number of aromatic nitrogens is 3. The molecule has 0 spiro atoms. The number of anilines is 1. The van der Waals surface area contributed by atoms with E-state index in [9.17, 15) is 23.2 Å². The third-order valence-corrected chi connectivity index (χ3v) is 5.13. The van der Waals surface area contributed by atoms with Gasteiger partial charge < -0.3 is 15.4 Å². The zero-order valence-corrected chi connectivity index (χ0v) is 19.8. The number of benzene rings is 2. The second-order valence-electron chi connectivity index (χ2n) is 9.04. The highest BCUT2D eigenvalue weighted by Crippen LogP contribution is 2.25. The lowest BCUT2D eigenvalue weighted by Gasteiger charge is -2.19. The lowest BCUT2D eigenvalue weighted by atomic mass is 10.1. The van der Waals surface area contributed by atoms with Gasteiger partial charge in [0.1, 0.15) is 17.0 Å². The van der Waals surface area contributed by atoms with Crippen LogP contribution in [0.4, 0.5) is 19.3 Å². The number of ether oxygens (including phenoxy) is 1. The number of halogens is 2. The first-order valence-corrected chi connectivity index (χ1v) is 11.1. The highest BCUT2D eigenvalue weighted by atomic mass is 19.1. The predicted octanol–water partition coefficient (Wildman–Crippen LogP) is 3.28. The van der Waals surface area contributed by atoms with Crippen LogP contribution in [-0.2, 0) is 11.3 Å². The van der Waals surface area contributed by atoms with Crippen molar-refractivity contribution in [2.75, 3.05) is 18.4 Å². The Hall–Kier alpha value is -4.35. The van der Waals surface area contributed by atoms with Gasteiger partial charge in [-0.3, -0.25) is 14.5 Å². The summed E-state index contributed by atoms with van der Waals surface area (Å²) in [5.74, 6) is -2.64. The van der Waals surface area contributed by atoms with Gasteiger partial charge in [0, 0.05) is 25.2 Å². The predicted molar refractivity (Wildman–Crippen MR) is 125 cm³/mol. The zero-order valence-electron chi connectivity index (χ0n) is 19.8. The number of carbonyl (C=O) groups is 3. The van der Waals surface area contributed by atoms with Crippen molar-refractivity contribution in [1.82, 2.24) is 25.2 Å². The van der Waals surface area contributed by atoms with Crippen molar-refractivity contribution < 1.29 is 27.9 Å². The molecule has 36 heavy (non-hydrogen) atoms. The first-order chi connectivity index (χ1) is 17.0. The maximum Gasteiger partial charge on any atom is 0.407 e. The van der Waals surface area contributed by atoms with Crippen molar-refractivity contribution >= 4 is 23.6 Å². The van der Waals surface area contributed by atoms with Crippen LogP contribution in [-0.4, -0.2) is 56.5 Å². The highest BCUT2D eigenvalue weighted by molar-refractivity contribution is 6.21. The average molecular weight is 498 g/mol. The second kappa shape index (κ2) is 9.72. The van der Waals surface area contributed by atoms with E-state index in [4.69, 9.17) is 4.74 Å². The molecule has 1 aliphatic heterocycles. The third-order valence-electron chi connectivity index (χ3n) is 5.13. The van der Waals surface area contributed by atoms with Crippen LogP contribution < -0.4 is 10.6 Å². The fraction of sp³-hybridized carbons (Fsp3) is 0.292. The molecule has 0 radical (unpaired) electrons. The van der Waals surface area contributed by atoms with Gasteiger partial charge in [-0.05, 0) is 32.9 Å². The molecule has 2 heterocycles. The van der Waals surface area contributed by atoms with Crippen LogP contribution in [0.15, 0.2) is 42.6 Å². The van der Waals surface area contributed by atoms with E-state index in [-0.39, 0.29) is 36.7 Å². The first kappa shape index (κ1) is 24.8. The van der Waals surface area contributed by atoms with E-state index >= 15 is 0 Å². The molecule has 2 aromatic carbocycles. The number of hydrogen-bond donors (Lipinski definition) is 2. The van der Waals surface area contributed by atoms with E-state index in [2.05, 4.69) is 20.9 Å². The zero-order chi connectivity index (χ0) is 26.0. The lowest BCUT2D eigenvalue weighted by Crippen LogP contribution is -2.35. The highest BCUT2D eigenvalue weighted by Gasteiger charge is 2.35. The molecule has 0 unspecified atom stereocenters. The fourth-order valence-electron chi connectivity index (χ4n) is 3.57. The van der Waals surface area contributed by atoms with Gasteiger partial charge in [-0.25, -0.2) is 18.3 Å². The van der Waals surface area contributed by atoms with E-state index in [0.29, 0.717) is 11.1 Å². The monoisotopic (exact) mass is 498 g/mol. The van der Waals surface area contributed by atoms with Crippen molar-refractivity contribution in [2.24, 2.45) is 0 Å². The van der Waals surface area contributed by atoms with Crippen LogP contribution >= 0.6 is 0 Å². The van der Waals surface area contributed by atoms with Crippen LogP contribution in [0.2, 0.25) is 0 Å². The van der Waals surface area contributed by atoms with Gasteiger partial charge in [-0.1, -0.05) is 17.3 Å². The van der Waals surface area contributed by atoms with E-state index in [1.807, 2.05) is 0 Å². The van der Waals surface area contributed by atoms with Crippen LogP contribution in [0.3, 0.4) is 0 Å². The number of alkyl carbamates (subject to hydrolysis) is 1. The number of hydrogen-bond acceptors (Lipinski definition) is 7. The first-order valence-electron chi connectivity index (χ1n) is 11.1. The number of amides is 3. The van der Waals surface area contributed by atoms with Crippen molar-refractivity contribution in [3.05, 3.63) is 71.1 Å². The summed E-state index contributed by atoms with van der Waals surface area (Å²) in [6.45, 7) is 5.17. The van der Waals surface area contributed by atoms with Gasteiger partial charge in [0.2, 0.25) is 0 Å².